The first kappa shape index (κ1) is 18.0. The van der Waals surface area contributed by atoms with Crippen LogP contribution in [0.15, 0.2) is 24.3 Å². The number of nitrogens with one attached hydrogen (secondary N) is 2. The van der Waals surface area contributed by atoms with Crippen molar-refractivity contribution < 1.29 is 23.5 Å². The van der Waals surface area contributed by atoms with Crippen LogP contribution >= 0.6 is 0 Å². The number of methoxy groups -OCH3 is 1. The van der Waals surface area contributed by atoms with E-state index < -0.39 is 23.6 Å². The van der Waals surface area contributed by atoms with Crippen LogP contribution < -0.4 is 10.6 Å². The molecule has 0 radical (unpaired) electrons. The Kier molecular flexibility index (Phi) is 5.77. The first-order valence-corrected chi connectivity index (χ1v) is 7.22. The Bertz CT molecular complexity index is 788. The van der Waals surface area contributed by atoms with E-state index in [2.05, 4.69) is 25.5 Å². The number of hydrogen-bond donors (Lipinski definition) is 2. The normalized spacial score (nSPS) is 10.2. The van der Waals surface area contributed by atoms with Crippen LogP contribution in [0.4, 0.5) is 4.39 Å². The lowest BCUT2D eigenvalue weighted by Gasteiger charge is -2.04. The molecule has 2 aromatic rings. The van der Waals surface area contributed by atoms with Gasteiger partial charge in [-0.05, 0) is 31.2 Å². The third-order valence-electron chi connectivity index (χ3n) is 3.11. The maximum absolute atomic E-state index is 13.0. The average Bonchev–Trinajstić information content (AvgIpc) is 3.00. The minimum Gasteiger partial charge on any atom is -0.468 e. The highest BCUT2D eigenvalue weighted by molar-refractivity contribution is 5.93. The van der Waals surface area contributed by atoms with Gasteiger partial charge < -0.3 is 15.4 Å². The van der Waals surface area contributed by atoms with E-state index in [4.69, 9.17) is 0 Å². The minimum atomic E-state index is -0.655. The molecule has 0 aliphatic heterocycles. The number of halogens is 1. The van der Waals surface area contributed by atoms with Crippen molar-refractivity contribution in [3.05, 3.63) is 41.7 Å². The number of esters is 1. The Morgan fingerprint density at radius 3 is 2.48 bits per heavy atom. The average molecular weight is 349 g/mol. The molecule has 0 aliphatic carbocycles. The van der Waals surface area contributed by atoms with Crippen LogP contribution in [0.2, 0.25) is 0 Å². The van der Waals surface area contributed by atoms with Gasteiger partial charge in [0.25, 0.3) is 5.91 Å². The van der Waals surface area contributed by atoms with E-state index in [1.165, 1.54) is 36.1 Å². The van der Waals surface area contributed by atoms with Gasteiger partial charge in [0, 0.05) is 0 Å². The van der Waals surface area contributed by atoms with Gasteiger partial charge in [-0.3, -0.25) is 14.4 Å². The molecule has 0 fully saturated rings. The van der Waals surface area contributed by atoms with Gasteiger partial charge in [0.05, 0.1) is 19.3 Å². The molecule has 132 valence electrons. The second kappa shape index (κ2) is 7.99. The van der Waals surface area contributed by atoms with Gasteiger partial charge in [0.2, 0.25) is 11.7 Å². The van der Waals surface area contributed by atoms with Gasteiger partial charge in [0.15, 0.2) is 0 Å². The summed E-state index contributed by atoms with van der Waals surface area (Å²) in [5.74, 6) is -1.92. The Hall–Kier alpha value is -3.30. The summed E-state index contributed by atoms with van der Waals surface area (Å²) in [6, 6.07) is 5.53. The van der Waals surface area contributed by atoms with Crippen molar-refractivity contribution in [1.29, 1.82) is 0 Å². The van der Waals surface area contributed by atoms with Crippen LogP contribution in [0, 0.1) is 12.7 Å². The molecular formula is C15H16FN5O4. The maximum atomic E-state index is 13.0. The molecule has 1 aromatic carbocycles. The summed E-state index contributed by atoms with van der Waals surface area (Å²) in [6.45, 7) is 0.998. The number of aryl methyl sites for hydroxylation is 1. The zero-order valence-electron chi connectivity index (χ0n) is 13.6. The van der Waals surface area contributed by atoms with Crippen LogP contribution in [0.5, 0.6) is 0 Å². The van der Waals surface area contributed by atoms with Gasteiger partial charge in [-0.2, -0.15) is 0 Å². The fourth-order valence-electron chi connectivity index (χ4n) is 1.86. The van der Waals surface area contributed by atoms with Crippen molar-refractivity contribution in [2.45, 2.75) is 6.92 Å². The highest BCUT2D eigenvalue weighted by atomic mass is 19.1. The van der Waals surface area contributed by atoms with E-state index >= 15 is 0 Å². The van der Waals surface area contributed by atoms with E-state index in [0.717, 1.165) is 0 Å². The highest BCUT2D eigenvalue weighted by Crippen LogP contribution is 2.10. The van der Waals surface area contributed by atoms with Crippen LogP contribution in [-0.4, -0.2) is 52.7 Å². The number of carbonyl (C=O) groups is 3. The molecule has 0 atom stereocenters. The topological polar surface area (TPSA) is 115 Å². The van der Waals surface area contributed by atoms with Crippen molar-refractivity contribution in [1.82, 2.24) is 25.4 Å². The lowest BCUT2D eigenvalue weighted by atomic mass is 10.3. The fraction of sp³-hybridized carbons (Fsp3) is 0.267. The Morgan fingerprint density at radius 2 is 1.84 bits per heavy atom. The van der Waals surface area contributed by atoms with Crippen LogP contribution in [0.25, 0.3) is 5.69 Å². The van der Waals surface area contributed by atoms with Crippen molar-refractivity contribution in [2.24, 2.45) is 0 Å². The van der Waals surface area contributed by atoms with E-state index in [1.807, 2.05) is 0 Å². The monoisotopic (exact) mass is 349 g/mol. The van der Waals surface area contributed by atoms with E-state index in [-0.39, 0.29) is 18.9 Å². The quantitative estimate of drug-likeness (QED) is 0.694. The smallest absolute Gasteiger partial charge is 0.325 e. The standard InChI is InChI=1S/C15H16FN5O4/c1-9-19-14(20-21(9)11-5-3-10(16)4-6-11)15(24)18-7-12(22)17-8-13(23)25-2/h3-6H,7-8H2,1-2H3,(H,17,22)(H,18,24). The van der Waals surface area contributed by atoms with E-state index in [9.17, 15) is 18.8 Å². The third-order valence-corrected chi connectivity index (χ3v) is 3.11. The molecule has 0 bridgehead atoms. The lowest BCUT2D eigenvalue weighted by Crippen LogP contribution is -2.39. The van der Waals surface area contributed by atoms with E-state index in [0.29, 0.717) is 11.5 Å². The number of ether oxygens (including phenoxy) is 1. The number of aromatic nitrogens is 3. The van der Waals surface area contributed by atoms with Gasteiger partial charge in [-0.25, -0.2) is 14.1 Å². The molecule has 0 saturated carbocycles. The van der Waals surface area contributed by atoms with Gasteiger partial charge in [0.1, 0.15) is 18.2 Å². The predicted octanol–water partition coefficient (Wildman–Crippen LogP) is -0.266. The first-order chi connectivity index (χ1) is 11.9. The molecule has 10 heteroatoms. The summed E-state index contributed by atoms with van der Waals surface area (Å²) in [7, 11) is 1.20. The molecule has 9 nitrogen and oxygen atoms in total. The molecule has 0 unspecified atom stereocenters. The summed E-state index contributed by atoms with van der Waals surface area (Å²) in [6.07, 6.45) is 0. The van der Waals surface area contributed by atoms with Crippen LogP contribution in [-0.2, 0) is 14.3 Å². The molecule has 2 amide bonds. The van der Waals surface area contributed by atoms with Gasteiger partial charge >= 0.3 is 5.97 Å². The Labute approximate surface area is 142 Å². The number of hydrogen-bond acceptors (Lipinski definition) is 6. The second-order valence-corrected chi connectivity index (χ2v) is 4.91. The van der Waals surface area contributed by atoms with Crippen molar-refractivity contribution in [3.63, 3.8) is 0 Å². The predicted molar refractivity (Wildman–Crippen MR) is 83.4 cm³/mol. The van der Waals surface area contributed by atoms with E-state index in [1.54, 1.807) is 6.92 Å². The summed E-state index contributed by atoms with van der Waals surface area (Å²) >= 11 is 0. The molecule has 0 aliphatic rings. The fourth-order valence-corrected chi connectivity index (χ4v) is 1.86. The largest absolute Gasteiger partial charge is 0.468 e. The summed E-state index contributed by atoms with van der Waals surface area (Å²) < 4.78 is 18.7. The zero-order valence-corrected chi connectivity index (χ0v) is 13.6. The second-order valence-electron chi connectivity index (χ2n) is 4.91. The summed E-state index contributed by atoms with van der Waals surface area (Å²) in [5, 5.41) is 8.66. The summed E-state index contributed by atoms with van der Waals surface area (Å²) in [4.78, 5) is 38.4. The highest BCUT2D eigenvalue weighted by Gasteiger charge is 2.16. The maximum Gasteiger partial charge on any atom is 0.325 e. The molecule has 2 N–H and O–H groups in total. The molecular weight excluding hydrogens is 333 g/mol. The number of benzene rings is 1. The van der Waals surface area contributed by atoms with Gasteiger partial charge in [-0.1, -0.05) is 0 Å². The van der Waals surface area contributed by atoms with Gasteiger partial charge in [-0.15, -0.1) is 5.10 Å². The first-order valence-electron chi connectivity index (χ1n) is 7.22. The lowest BCUT2D eigenvalue weighted by molar-refractivity contribution is -0.141. The van der Waals surface area contributed by atoms with Crippen molar-refractivity contribution in [3.8, 4) is 5.69 Å². The van der Waals surface area contributed by atoms with Crippen molar-refractivity contribution in [2.75, 3.05) is 20.2 Å². The number of carbonyl (C=O) groups excluding carboxylic acids is 3. The SMILES string of the molecule is COC(=O)CNC(=O)CNC(=O)c1nc(C)n(-c2ccc(F)cc2)n1. The van der Waals surface area contributed by atoms with Crippen molar-refractivity contribution >= 4 is 17.8 Å². The molecule has 0 saturated heterocycles. The molecule has 1 aromatic heterocycles. The van der Waals surface area contributed by atoms with Crippen LogP contribution in [0.3, 0.4) is 0 Å². The third kappa shape index (κ3) is 4.83. The number of amides is 2. The number of rotatable bonds is 6. The zero-order chi connectivity index (χ0) is 18.4. The molecule has 2 rings (SSSR count). The Morgan fingerprint density at radius 1 is 1.16 bits per heavy atom. The Balaban J connectivity index is 1.96. The summed E-state index contributed by atoms with van der Waals surface area (Å²) in [5.41, 5.74) is 0.543. The molecule has 1 heterocycles. The number of nitrogens with zero attached hydrogens (tertiary/aromatic N) is 3. The van der Waals surface area contributed by atoms with Crippen LogP contribution in [0.1, 0.15) is 16.4 Å². The molecule has 25 heavy (non-hydrogen) atoms. The minimum absolute atomic E-state index is 0.136. The molecule has 0 spiro atoms.